The van der Waals surface area contributed by atoms with Crippen LogP contribution in [0, 0.1) is 0 Å². The molecule has 13 heavy (non-hydrogen) atoms. The Balaban J connectivity index is 3.28. The van der Waals surface area contributed by atoms with Crippen LogP contribution in [0.15, 0.2) is 10.7 Å². The molecule has 0 aliphatic rings. The van der Waals surface area contributed by atoms with E-state index in [1.165, 1.54) is 0 Å². The Labute approximate surface area is 83.9 Å². The fraction of sp³-hybridized carbons (Fsp3) is 0.250. The number of rotatable bonds is 2. The SMILES string of the molecule is CCc1cc(N)c(C(=O)O)nc1Br. The number of aromatic nitrogens is 1. The van der Waals surface area contributed by atoms with Crippen molar-refractivity contribution in [2.24, 2.45) is 0 Å². The van der Waals surface area contributed by atoms with Crippen molar-refractivity contribution in [1.82, 2.24) is 4.98 Å². The summed E-state index contributed by atoms with van der Waals surface area (Å²) in [4.78, 5) is 14.4. The molecule has 70 valence electrons. The van der Waals surface area contributed by atoms with Crippen molar-refractivity contribution >= 4 is 27.6 Å². The highest BCUT2D eigenvalue weighted by atomic mass is 79.9. The van der Waals surface area contributed by atoms with E-state index >= 15 is 0 Å². The molecule has 5 heteroatoms. The number of nitrogens with two attached hydrogens (primary N) is 1. The van der Waals surface area contributed by atoms with Crippen molar-refractivity contribution in [3.8, 4) is 0 Å². The van der Waals surface area contributed by atoms with Crippen LogP contribution >= 0.6 is 15.9 Å². The van der Waals surface area contributed by atoms with Crippen molar-refractivity contribution < 1.29 is 9.90 Å². The molecule has 0 spiro atoms. The lowest BCUT2D eigenvalue weighted by Crippen LogP contribution is -2.07. The zero-order valence-electron chi connectivity index (χ0n) is 7.04. The minimum absolute atomic E-state index is 0.107. The van der Waals surface area contributed by atoms with E-state index in [0.717, 1.165) is 12.0 Å². The third kappa shape index (κ3) is 1.98. The van der Waals surface area contributed by atoms with Crippen molar-refractivity contribution in [2.75, 3.05) is 5.73 Å². The Morgan fingerprint density at radius 1 is 1.77 bits per heavy atom. The highest BCUT2D eigenvalue weighted by molar-refractivity contribution is 9.10. The van der Waals surface area contributed by atoms with Crippen LogP contribution in [0.2, 0.25) is 0 Å². The second-order valence-corrected chi connectivity index (χ2v) is 3.29. The molecule has 1 heterocycles. The van der Waals surface area contributed by atoms with E-state index in [1.54, 1.807) is 6.07 Å². The smallest absolute Gasteiger partial charge is 0.356 e. The van der Waals surface area contributed by atoms with Gasteiger partial charge < -0.3 is 10.8 Å². The van der Waals surface area contributed by atoms with Gasteiger partial charge in [-0.15, -0.1) is 0 Å². The van der Waals surface area contributed by atoms with Gasteiger partial charge in [0.15, 0.2) is 5.69 Å². The molecule has 0 unspecified atom stereocenters. The third-order valence-electron chi connectivity index (χ3n) is 1.66. The zero-order valence-corrected chi connectivity index (χ0v) is 8.63. The maximum atomic E-state index is 10.6. The summed E-state index contributed by atoms with van der Waals surface area (Å²) in [5, 5.41) is 8.69. The Bertz CT molecular complexity index is 352. The number of aryl methyl sites for hydroxylation is 1. The minimum atomic E-state index is -1.11. The van der Waals surface area contributed by atoms with Crippen LogP contribution in [0.5, 0.6) is 0 Å². The molecule has 0 aliphatic carbocycles. The molecule has 4 nitrogen and oxygen atoms in total. The van der Waals surface area contributed by atoms with E-state index in [4.69, 9.17) is 10.8 Å². The molecule has 0 saturated heterocycles. The van der Waals surface area contributed by atoms with Gasteiger partial charge in [0.05, 0.1) is 5.69 Å². The fourth-order valence-electron chi connectivity index (χ4n) is 0.969. The third-order valence-corrected chi connectivity index (χ3v) is 2.35. The van der Waals surface area contributed by atoms with E-state index in [9.17, 15) is 4.79 Å². The van der Waals surface area contributed by atoms with Gasteiger partial charge in [-0.1, -0.05) is 6.92 Å². The van der Waals surface area contributed by atoms with Gasteiger partial charge in [0, 0.05) is 0 Å². The van der Waals surface area contributed by atoms with Gasteiger partial charge >= 0.3 is 5.97 Å². The summed E-state index contributed by atoms with van der Waals surface area (Å²) in [6, 6.07) is 1.63. The zero-order chi connectivity index (χ0) is 10.0. The predicted octanol–water partition coefficient (Wildman–Crippen LogP) is 1.69. The Morgan fingerprint density at radius 2 is 2.38 bits per heavy atom. The van der Waals surface area contributed by atoms with Crippen LogP contribution in [0.4, 0.5) is 5.69 Å². The van der Waals surface area contributed by atoms with Crippen LogP contribution in [0.1, 0.15) is 23.0 Å². The van der Waals surface area contributed by atoms with Crippen molar-refractivity contribution in [2.45, 2.75) is 13.3 Å². The summed E-state index contributed by atoms with van der Waals surface area (Å²) in [5.41, 5.74) is 6.50. The maximum absolute atomic E-state index is 10.6. The summed E-state index contributed by atoms with van der Waals surface area (Å²) < 4.78 is 0.543. The van der Waals surface area contributed by atoms with E-state index in [0.29, 0.717) is 4.60 Å². The second kappa shape index (κ2) is 3.74. The summed E-state index contributed by atoms with van der Waals surface area (Å²) in [7, 11) is 0. The van der Waals surface area contributed by atoms with E-state index in [1.807, 2.05) is 6.92 Å². The van der Waals surface area contributed by atoms with E-state index in [-0.39, 0.29) is 11.4 Å². The predicted molar refractivity (Wildman–Crippen MR) is 52.7 cm³/mol. The highest BCUT2D eigenvalue weighted by Crippen LogP contribution is 2.20. The largest absolute Gasteiger partial charge is 0.476 e. The number of pyridine rings is 1. The van der Waals surface area contributed by atoms with Gasteiger partial charge in [0.2, 0.25) is 0 Å². The molecular formula is C8H9BrN2O2. The number of carbonyl (C=O) groups is 1. The molecular weight excluding hydrogens is 236 g/mol. The fourth-order valence-corrected chi connectivity index (χ4v) is 1.54. The first-order valence-corrected chi connectivity index (χ1v) is 4.53. The highest BCUT2D eigenvalue weighted by Gasteiger charge is 2.12. The normalized spacial score (nSPS) is 10.0. The van der Waals surface area contributed by atoms with Crippen LogP contribution < -0.4 is 5.73 Å². The number of hydrogen-bond donors (Lipinski definition) is 2. The number of carboxylic acids is 1. The molecule has 0 saturated carbocycles. The standard InChI is InChI=1S/C8H9BrN2O2/c1-2-4-3-5(10)6(8(12)13)11-7(4)9/h3H,2,10H2,1H3,(H,12,13). The van der Waals surface area contributed by atoms with Gasteiger partial charge in [-0.2, -0.15) is 0 Å². The van der Waals surface area contributed by atoms with E-state index in [2.05, 4.69) is 20.9 Å². The first kappa shape index (κ1) is 9.98. The van der Waals surface area contributed by atoms with Crippen LogP contribution in [0.25, 0.3) is 0 Å². The Kier molecular flexibility index (Phi) is 2.87. The van der Waals surface area contributed by atoms with Gasteiger partial charge in [0.25, 0.3) is 0 Å². The topological polar surface area (TPSA) is 76.2 Å². The summed E-state index contributed by atoms with van der Waals surface area (Å²) >= 11 is 3.18. The summed E-state index contributed by atoms with van der Waals surface area (Å²) in [5.74, 6) is -1.11. The maximum Gasteiger partial charge on any atom is 0.356 e. The molecule has 0 radical (unpaired) electrons. The average molecular weight is 245 g/mol. The number of carboxylic acid groups (broad SMARTS) is 1. The number of nitrogens with zero attached hydrogens (tertiary/aromatic N) is 1. The number of hydrogen-bond acceptors (Lipinski definition) is 3. The van der Waals surface area contributed by atoms with Crippen LogP contribution in [-0.4, -0.2) is 16.1 Å². The molecule has 0 atom stereocenters. The lowest BCUT2D eigenvalue weighted by molar-refractivity contribution is 0.0691. The Hall–Kier alpha value is -1.10. The van der Waals surface area contributed by atoms with Gasteiger partial charge in [0.1, 0.15) is 4.60 Å². The van der Waals surface area contributed by atoms with Crippen molar-refractivity contribution in [3.63, 3.8) is 0 Å². The molecule has 0 bridgehead atoms. The van der Waals surface area contributed by atoms with Gasteiger partial charge in [-0.3, -0.25) is 0 Å². The molecule has 0 fully saturated rings. The van der Waals surface area contributed by atoms with Crippen molar-refractivity contribution in [1.29, 1.82) is 0 Å². The molecule has 0 aliphatic heterocycles. The first-order chi connectivity index (χ1) is 6.06. The molecule has 1 aromatic rings. The lowest BCUT2D eigenvalue weighted by atomic mass is 10.2. The van der Waals surface area contributed by atoms with Crippen LogP contribution in [0.3, 0.4) is 0 Å². The molecule has 0 aromatic carbocycles. The molecule has 3 N–H and O–H groups in total. The molecule has 0 amide bonds. The quantitative estimate of drug-likeness (QED) is 0.777. The van der Waals surface area contributed by atoms with Gasteiger partial charge in [-0.25, -0.2) is 9.78 Å². The van der Waals surface area contributed by atoms with Crippen LogP contribution in [-0.2, 0) is 6.42 Å². The monoisotopic (exact) mass is 244 g/mol. The molecule has 1 rings (SSSR count). The minimum Gasteiger partial charge on any atom is -0.476 e. The molecule has 1 aromatic heterocycles. The Morgan fingerprint density at radius 3 is 2.85 bits per heavy atom. The van der Waals surface area contributed by atoms with E-state index < -0.39 is 5.97 Å². The number of halogens is 1. The number of nitrogen functional groups attached to an aromatic ring is 1. The second-order valence-electron chi connectivity index (χ2n) is 2.53. The summed E-state index contributed by atoms with van der Waals surface area (Å²) in [6.07, 6.45) is 0.762. The average Bonchev–Trinajstić information content (AvgIpc) is 2.07. The van der Waals surface area contributed by atoms with Crippen molar-refractivity contribution in [3.05, 3.63) is 21.9 Å². The summed E-state index contributed by atoms with van der Waals surface area (Å²) in [6.45, 7) is 1.95. The first-order valence-electron chi connectivity index (χ1n) is 3.74. The number of aromatic carboxylic acids is 1. The lowest BCUT2D eigenvalue weighted by Gasteiger charge is -2.04. The van der Waals surface area contributed by atoms with Gasteiger partial charge in [-0.05, 0) is 34.0 Å². The number of anilines is 1.